The standard InChI is InChI=1S/C43H37NS/c1-26-12-6-10-16-38(26)44(27-18-20-30-29-13-7-9-15-34(29)42(2,3)36(30)24-27)28-19-21-33-37(25-28)43(4,5)35-23-22-32-31-14-8-11-17-39(31)45-41(32)40(33)35/h6-11,13-26H,12H2,1-5H3. The van der Waals surface area contributed by atoms with Gasteiger partial charge in [-0.05, 0) is 81.8 Å². The Morgan fingerprint density at radius 1 is 0.644 bits per heavy atom. The molecular weight excluding hydrogens is 563 g/mol. The van der Waals surface area contributed by atoms with Crippen molar-refractivity contribution in [1.82, 2.24) is 0 Å². The molecule has 1 heterocycles. The van der Waals surface area contributed by atoms with Crippen molar-refractivity contribution in [2.45, 2.75) is 51.9 Å². The molecule has 0 radical (unpaired) electrons. The van der Waals surface area contributed by atoms with E-state index in [-0.39, 0.29) is 10.8 Å². The van der Waals surface area contributed by atoms with Crippen LogP contribution in [0.5, 0.6) is 0 Å². The minimum Gasteiger partial charge on any atom is -0.314 e. The first-order chi connectivity index (χ1) is 21.7. The molecule has 1 unspecified atom stereocenters. The zero-order valence-corrected chi connectivity index (χ0v) is 27.4. The van der Waals surface area contributed by atoms with Crippen molar-refractivity contribution in [3.63, 3.8) is 0 Å². The minimum atomic E-state index is -0.0925. The van der Waals surface area contributed by atoms with Crippen LogP contribution in [-0.4, -0.2) is 0 Å². The van der Waals surface area contributed by atoms with Gasteiger partial charge >= 0.3 is 0 Å². The highest BCUT2D eigenvalue weighted by molar-refractivity contribution is 7.26. The summed E-state index contributed by atoms with van der Waals surface area (Å²) in [5.74, 6) is 0.421. The maximum atomic E-state index is 2.54. The summed E-state index contributed by atoms with van der Waals surface area (Å²) in [7, 11) is 0. The maximum Gasteiger partial charge on any atom is 0.0462 e. The molecule has 6 aromatic rings. The summed E-state index contributed by atoms with van der Waals surface area (Å²) in [4.78, 5) is 2.54. The molecule has 1 atom stereocenters. The fourth-order valence-electron chi connectivity index (χ4n) is 8.44. The lowest BCUT2D eigenvalue weighted by Crippen LogP contribution is -2.24. The zero-order valence-electron chi connectivity index (χ0n) is 26.6. The summed E-state index contributed by atoms with van der Waals surface area (Å²) in [6.45, 7) is 11.9. The van der Waals surface area contributed by atoms with Crippen LogP contribution in [0.2, 0.25) is 0 Å². The van der Waals surface area contributed by atoms with Crippen molar-refractivity contribution in [1.29, 1.82) is 0 Å². The van der Waals surface area contributed by atoms with Gasteiger partial charge in [0, 0.05) is 59.6 Å². The molecule has 2 heteroatoms. The van der Waals surface area contributed by atoms with Crippen molar-refractivity contribution < 1.29 is 0 Å². The normalized spacial score (nSPS) is 18.4. The van der Waals surface area contributed by atoms with Crippen LogP contribution in [0.3, 0.4) is 0 Å². The van der Waals surface area contributed by atoms with Crippen LogP contribution in [-0.2, 0) is 10.8 Å². The first kappa shape index (κ1) is 27.0. The smallest absolute Gasteiger partial charge is 0.0462 e. The second-order valence-corrected chi connectivity index (χ2v) is 15.3. The van der Waals surface area contributed by atoms with Crippen molar-refractivity contribution in [3.8, 4) is 22.3 Å². The number of hydrogen-bond donors (Lipinski definition) is 0. The fourth-order valence-corrected chi connectivity index (χ4v) is 9.70. The van der Waals surface area contributed by atoms with Crippen LogP contribution in [0.15, 0.2) is 121 Å². The third-order valence-corrected chi connectivity index (χ3v) is 12.1. The minimum absolute atomic E-state index is 0.0444. The van der Waals surface area contributed by atoms with Gasteiger partial charge in [-0.25, -0.2) is 0 Å². The molecule has 3 aliphatic rings. The largest absolute Gasteiger partial charge is 0.314 e. The summed E-state index contributed by atoms with van der Waals surface area (Å²) < 4.78 is 2.78. The van der Waals surface area contributed by atoms with Crippen LogP contribution < -0.4 is 4.90 Å². The van der Waals surface area contributed by atoms with Crippen LogP contribution in [0.25, 0.3) is 42.4 Å². The number of fused-ring (bicyclic) bond motifs is 10. The van der Waals surface area contributed by atoms with E-state index in [0.29, 0.717) is 5.92 Å². The molecule has 3 aliphatic carbocycles. The number of anilines is 2. The van der Waals surface area contributed by atoms with Crippen molar-refractivity contribution in [3.05, 3.63) is 143 Å². The molecule has 0 N–H and O–H groups in total. The van der Waals surface area contributed by atoms with E-state index in [2.05, 4.69) is 155 Å². The summed E-state index contributed by atoms with van der Waals surface area (Å²) >= 11 is 1.94. The van der Waals surface area contributed by atoms with E-state index in [1.165, 1.54) is 81.8 Å². The third-order valence-electron chi connectivity index (χ3n) is 10.9. The molecule has 45 heavy (non-hydrogen) atoms. The predicted molar refractivity (Wildman–Crippen MR) is 194 cm³/mol. The highest BCUT2D eigenvalue weighted by Crippen LogP contribution is 2.55. The Morgan fingerprint density at radius 2 is 1.31 bits per heavy atom. The molecule has 0 amide bonds. The average molecular weight is 600 g/mol. The Balaban J connectivity index is 1.24. The molecule has 0 spiro atoms. The monoisotopic (exact) mass is 599 g/mol. The Kier molecular flexibility index (Phi) is 5.58. The van der Waals surface area contributed by atoms with Crippen LogP contribution in [0.4, 0.5) is 11.4 Å². The second-order valence-electron chi connectivity index (χ2n) is 14.2. The summed E-state index contributed by atoms with van der Waals surface area (Å²) in [6.07, 6.45) is 7.92. The number of benzene rings is 5. The highest BCUT2D eigenvalue weighted by atomic mass is 32.1. The van der Waals surface area contributed by atoms with Crippen molar-refractivity contribution in [2.24, 2.45) is 5.92 Å². The SMILES string of the molecule is CC1CC=CC=C1N(c1ccc2c(c1)C(C)(C)c1ccccc1-2)c1ccc2c(c1)C(C)(C)c1ccc3c(sc4ccccc43)c1-2. The Morgan fingerprint density at radius 3 is 2.11 bits per heavy atom. The van der Waals surface area contributed by atoms with Crippen LogP contribution >= 0.6 is 11.3 Å². The third kappa shape index (κ3) is 3.66. The molecule has 5 aromatic carbocycles. The molecular formula is C43H37NS. The van der Waals surface area contributed by atoms with Gasteiger partial charge in [0.25, 0.3) is 0 Å². The first-order valence-corrected chi connectivity index (χ1v) is 17.1. The van der Waals surface area contributed by atoms with Crippen LogP contribution in [0, 0.1) is 5.92 Å². The average Bonchev–Trinajstić information content (AvgIpc) is 3.62. The molecule has 0 saturated carbocycles. The number of hydrogen-bond acceptors (Lipinski definition) is 2. The number of rotatable bonds is 3. The van der Waals surface area contributed by atoms with Gasteiger partial charge in [0.05, 0.1) is 0 Å². The molecule has 1 nitrogen and oxygen atoms in total. The molecule has 0 saturated heterocycles. The van der Waals surface area contributed by atoms with E-state index < -0.39 is 0 Å². The lowest BCUT2D eigenvalue weighted by Gasteiger charge is -2.34. The number of nitrogens with zero attached hydrogens (tertiary/aromatic N) is 1. The summed E-state index contributed by atoms with van der Waals surface area (Å²) in [5, 5.41) is 2.74. The van der Waals surface area contributed by atoms with Crippen LogP contribution in [0.1, 0.15) is 63.3 Å². The Labute approximate surface area is 270 Å². The van der Waals surface area contributed by atoms with E-state index in [9.17, 15) is 0 Å². The van der Waals surface area contributed by atoms with Gasteiger partial charge in [-0.2, -0.15) is 0 Å². The lowest BCUT2D eigenvalue weighted by molar-refractivity contribution is 0.655. The maximum absolute atomic E-state index is 2.54. The molecule has 0 aliphatic heterocycles. The highest BCUT2D eigenvalue weighted by Gasteiger charge is 2.39. The summed E-state index contributed by atoms with van der Waals surface area (Å²) in [5.41, 5.74) is 14.9. The second kappa shape index (κ2) is 9.31. The van der Waals surface area contributed by atoms with Gasteiger partial charge < -0.3 is 4.90 Å². The quantitative estimate of drug-likeness (QED) is 0.196. The van der Waals surface area contributed by atoms with E-state index in [1.54, 1.807) is 0 Å². The zero-order chi connectivity index (χ0) is 30.7. The van der Waals surface area contributed by atoms with Gasteiger partial charge in [0.2, 0.25) is 0 Å². The molecule has 0 fully saturated rings. The summed E-state index contributed by atoms with van der Waals surface area (Å²) in [6, 6.07) is 37.0. The van der Waals surface area contributed by atoms with Gasteiger partial charge in [-0.3, -0.25) is 0 Å². The number of allylic oxidation sites excluding steroid dienone is 4. The molecule has 0 bridgehead atoms. The fraction of sp³-hybridized carbons (Fsp3) is 0.209. The van der Waals surface area contributed by atoms with Gasteiger partial charge in [-0.15, -0.1) is 11.3 Å². The molecule has 220 valence electrons. The lowest BCUT2D eigenvalue weighted by atomic mass is 9.81. The Hall–Kier alpha value is -4.40. The van der Waals surface area contributed by atoms with E-state index in [1.807, 2.05) is 11.3 Å². The van der Waals surface area contributed by atoms with E-state index in [4.69, 9.17) is 0 Å². The van der Waals surface area contributed by atoms with Crippen molar-refractivity contribution in [2.75, 3.05) is 4.90 Å². The number of thiophene rings is 1. The van der Waals surface area contributed by atoms with E-state index in [0.717, 1.165) is 6.42 Å². The first-order valence-electron chi connectivity index (χ1n) is 16.3. The predicted octanol–water partition coefficient (Wildman–Crippen LogP) is 12.3. The van der Waals surface area contributed by atoms with E-state index >= 15 is 0 Å². The molecule has 1 aromatic heterocycles. The molecule has 9 rings (SSSR count). The van der Waals surface area contributed by atoms with Gasteiger partial charge in [-0.1, -0.05) is 114 Å². The van der Waals surface area contributed by atoms with Gasteiger partial charge in [0.1, 0.15) is 0 Å². The topological polar surface area (TPSA) is 3.24 Å². The van der Waals surface area contributed by atoms with Gasteiger partial charge in [0.15, 0.2) is 0 Å². The van der Waals surface area contributed by atoms with Crippen molar-refractivity contribution >= 4 is 42.9 Å². The Bertz CT molecular complexity index is 2270.